The van der Waals surface area contributed by atoms with Crippen LogP contribution in [-0.2, 0) is 4.79 Å². The molecular formula is C20H15ClN2O2. The van der Waals surface area contributed by atoms with Crippen molar-refractivity contribution in [2.45, 2.75) is 6.92 Å². The molecule has 0 fully saturated rings. The second-order valence-corrected chi connectivity index (χ2v) is 5.55. The Morgan fingerprint density at radius 2 is 2.12 bits per heavy atom. The summed E-state index contributed by atoms with van der Waals surface area (Å²) in [6.45, 7) is 1.94. The van der Waals surface area contributed by atoms with Crippen molar-refractivity contribution in [1.29, 1.82) is 5.26 Å². The van der Waals surface area contributed by atoms with E-state index in [1.54, 1.807) is 30.3 Å². The molecule has 2 aromatic carbocycles. The molecule has 0 aliphatic carbocycles. The first-order valence-electron chi connectivity index (χ1n) is 7.39. The highest BCUT2D eigenvalue weighted by Gasteiger charge is 2.12. The van der Waals surface area contributed by atoms with Gasteiger partial charge in [-0.1, -0.05) is 35.7 Å². The fourth-order valence-corrected chi connectivity index (χ4v) is 2.27. The van der Waals surface area contributed by atoms with Crippen LogP contribution < -0.4 is 10.1 Å². The summed E-state index contributed by atoms with van der Waals surface area (Å²) in [5.41, 5.74) is 1.97. The maximum atomic E-state index is 12.4. The zero-order chi connectivity index (χ0) is 18.2. The Balaban J connectivity index is 2.32. The fourth-order valence-electron chi connectivity index (χ4n) is 2.09. The van der Waals surface area contributed by atoms with Gasteiger partial charge in [-0.15, -0.1) is 6.42 Å². The van der Waals surface area contributed by atoms with Crippen molar-refractivity contribution in [2.24, 2.45) is 0 Å². The van der Waals surface area contributed by atoms with E-state index < -0.39 is 5.91 Å². The molecule has 0 saturated carbocycles. The van der Waals surface area contributed by atoms with Crippen molar-refractivity contribution in [1.82, 2.24) is 0 Å². The van der Waals surface area contributed by atoms with Gasteiger partial charge in [0.15, 0.2) is 0 Å². The Hall–Kier alpha value is -3.21. The van der Waals surface area contributed by atoms with Gasteiger partial charge >= 0.3 is 0 Å². The van der Waals surface area contributed by atoms with Crippen LogP contribution in [0.25, 0.3) is 6.08 Å². The fraction of sp³-hybridized carbons (Fsp3) is 0.100. The first kappa shape index (κ1) is 18.1. The molecular weight excluding hydrogens is 336 g/mol. The van der Waals surface area contributed by atoms with Gasteiger partial charge in [0, 0.05) is 16.3 Å². The molecule has 4 nitrogen and oxygen atoms in total. The summed E-state index contributed by atoms with van der Waals surface area (Å²) in [7, 11) is 0. The molecule has 0 unspecified atom stereocenters. The number of aryl methyl sites for hydroxylation is 1. The molecule has 1 amide bonds. The van der Waals surface area contributed by atoms with Gasteiger partial charge < -0.3 is 10.1 Å². The number of nitrogens with zero attached hydrogens (tertiary/aromatic N) is 1. The number of carbonyl (C=O) groups excluding carboxylic acids is 1. The van der Waals surface area contributed by atoms with E-state index in [2.05, 4.69) is 11.2 Å². The molecule has 0 heterocycles. The average molecular weight is 351 g/mol. The monoisotopic (exact) mass is 350 g/mol. The van der Waals surface area contributed by atoms with E-state index in [1.165, 1.54) is 6.08 Å². The highest BCUT2D eigenvalue weighted by molar-refractivity contribution is 6.30. The quantitative estimate of drug-likeness (QED) is 0.499. The largest absolute Gasteiger partial charge is 0.480 e. The number of halogens is 1. The summed E-state index contributed by atoms with van der Waals surface area (Å²) in [6, 6.07) is 14.1. The average Bonchev–Trinajstić information content (AvgIpc) is 2.60. The molecule has 0 atom stereocenters. The lowest BCUT2D eigenvalue weighted by Gasteiger charge is -2.09. The summed E-state index contributed by atoms with van der Waals surface area (Å²) in [4.78, 5) is 12.4. The molecule has 1 N–H and O–H groups in total. The number of nitriles is 1. The number of hydrogen-bond donors (Lipinski definition) is 1. The zero-order valence-electron chi connectivity index (χ0n) is 13.5. The number of benzene rings is 2. The van der Waals surface area contributed by atoms with Gasteiger partial charge in [-0.05, 0) is 42.8 Å². The van der Waals surface area contributed by atoms with Crippen LogP contribution in [0.2, 0.25) is 5.02 Å². The van der Waals surface area contributed by atoms with E-state index in [9.17, 15) is 10.1 Å². The predicted octanol–water partition coefficient (Wildman–Crippen LogP) is 4.21. The van der Waals surface area contributed by atoms with Crippen molar-refractivity contribution in [3.63, 3.8) is 0 Å². The molecule has 0 aromatic heterocycles. The minimum absolute atomic E-state index is 0.0692. The number of para-hydroxylation sites is 1. The van der Waals surface area contributed by atoms with Crippen molar-refractivity contribution in [2.75, 3.05) is 11.9 Å². The number of nitrogens with one attached hydrogen (secondary N) is 1. The third-order valence-electron chi connectivity index (χ3n) is 3.34. The van der Waals surface area contributed by atoms with E-state index in [0.29, 0.717) is 22.0 Å². The van der Waals surface area contributed by atoms with Gasteiger partial charge in [-0.3, -0.25) is 4.79 Å². The van der Waals surface area contributed by atoms with E-state index in [0.717, 1.165) is 5.56 Å². The molecule has 0 spiro atoms. The van der Waals surface area contributed by atoms with Gasteiger partial charge in [0.2, 0.25) is 0 Å². The summed E-state index contributed by atoms with van der Waals surface area (Å²) in [6.07, 6.45) is 6.62. The number of carbonyl (C=O) groups is 1. The first-order chi connectivity index (χ1) is 12.0. The van der Waals surface area contributed by atoms with Gasteiger partial charge in [0.1, 0.15) is 24.0 Å². The summed E-state index contributed by atoms with van der Waals surface area (Å²) in [5, 5.41) is 12.5. The molecule has 2 rings (SSSR count). The number of rotatable bonds is 5. The zero-order valence-corrected chi connectivity index (χ0v) is 14.3. The van der Waals surface area contributed by atoms with E-state index in [4.69, 9.17) is 22.8 Å². The summed E-state index contributed by atoms with van der Waals surface area (Å²) in [5.74, 6) is 2.30. The van der Waals surface area contributed by atoms with Crippen molar-refractivity contribution in [3.8, 4) is 24.2 Å². The van der Waals surface area contributed by atoms with E-state index >= 15 is 0 Å². The van der Waals surface area contributed by atoms with Gasteiger partial charge in [0.25, 0.3) is 5.91 Å². The van der Waals surface area contributed by atoms with Crippen LogP contribution in [0.15, 0.2) is 48.0 Å². The molecule has 0 aliphatic heterocycles. The predicted molar refractivity (Wildman–Crippen MR) is 99.2 cm³/mol. The topological polar surface area (TPSA) is 62.1 Å². The Morgan fingerprint density at radius 1 is 1.36 bits per heavy atom. The minimum atomic E-state index is -0.514. The van der Waals surface area contributed by atoms with E-state index in [1.807, 2.05) is 25.1 Å². The van der Waals surface area contributed by atoms with Crippen molar-refractivity contribution >= 4 is 29.3 Å². The molecule has 5 heteroatoms. The van der Waals surface area contributed by atoms with Crippen LogP contribution in [0.4, 0.5) is 5.69 Å². The number of ether oxygens (including phenoxy) is 1. The lowest BCUT2D eigenvalue weighted by molar-refractivity contribution is -0.112. The van der Waals surface area contributed by atoms with Crippen molar-refractivity contribution < 1.29 is 9.53 Å². The number of terminal acetylenes is 1. The minimum Gasteiger partial charge on any atom is -0.480 e. The van der Waals surface area contributed by atoms with Crippen LogP contribution in [0.1, 0.15) is 11.1 Å². The lowest BCUT2D eigenvalue weighted by Crippen LogP contribution is -2.14. The summed E-state index contributed by atoms with van der Waals surface area (Å²) >= 11 is 6.00. The van der Waals surface area contributed by atoms with Crippen molar-refractivity contribution in [3.05, 3.63) is 64.2 Å². The Labute approximate surface area is 151 Å². The Bertz CT molecular complexity index is 905. The Kier molecular flexibility index (Phi) is 6.23. The molecule has 0 radical (unpaired) electrons. The molecule has 0 bridgehead atoms. The van der Waals surface area contributed by atoms with Crippen LogP contribution in [0.3, 0.4) is 0 Å². The third kappa shape index (κ3) is 4.88. The van der Waals surface area contributed by atoms with Gasteiger partial charge in [0.05, 0.1) is 0 Å². The SMILES string of the molecule is C#CCOc1ccc(Cl)cc1/C=C(\C#N)C(=O)Nc1ccccc1C. The second-order valence-electron chi connectivity index (χ2n) is 5.11. The normalized spacial score (nSPS) is 10.5. The van der Waals surface area contributed by atoms with Crippen LogP contribution >= 0.6 is 11.6 Å². The second kappa shape index (κ2) is 8.59. The molecule has 0 aliphatic rings. The molecule has 25 heavy (non-hydrogen) atoms. The van der Waals surface area contributed by atoms with Gasteiger partial charge in [-0.2, -0.15) is 5.26 Å². The smallest absolute Gasteiger partial charge is 0.266 e. The highest BCUT2D eigenvalue weighted by Crippen LogP contribution is 2.25. The van der Waals surface area contributed by atoms with Crippen LogP contribution in [0.5, 0.6) is 5.75 Å². The third-order valence-corrected chi connectivity index (χ3v) is 3.58. The maximum Gasteiger partial charge on any atom is 0.266 e. The maximum absolute atomic E-state index is 12.4. The molecule has 0 saturated heterocycles. The number of anilines is 1. The van der Waals surface area contributed by atoms with E-state index in [-0.39, 0.29) is 12.2 Å². The number of amides is 1. The molecule has 124 valence electrons. The number of hydrogen-bond acceptors (Lipinski definition) is 3. The van der Waals surface area contributed by atoms with Crippen LogP contribution in [-0.4, -0.2) is 12.5 Å². The first-order valence-corrected chi connectivity index (χ1v) is 7.77. The lowest BCUT2D eigenvalue weighted by atomic mass is 10.1. The Morgan fingerprint density at radius 3 is 2.80 bits per heavy atom. The van der Waals surface area contributed by atoms with Gasteiger partial charge in [-0.25, -0.2) is 0 Å². The standard InChI is InChI=1S/C20H15ClN2O2/c1-3-10-25-19-9-8-17(21)12-15(19)11-16(13-22)20(24)23-18-7-5-4-6-14(18)2/h1,4-9,11-12H,10H2,2H3,(H,23,24)/b16-11+. The highest BCUT2D eigenvalue weighted by atomic mass is 35.5. The molecule has 2 aromatic rings. The van der Waals surface area contributed by atoms with Crippen LogP contribution in [0, 0.1) is 30.6 Å². The summed E-state index contributed by atoms with van der Waals surface area (Å²) < 4.78 is 5.42.